The van der Waals surface area contributed by atoms with E-state index in [9.17, 15) is 4.79 Å². The Balaban J connectivity index is 1.51. The summed E-state index contributed by atoms with van der Waals surface area (Å²) in [6, 6.07) is 20.0. The lowest BCUT2D eigenvalue weighted by atomic mass is 9.90. The number of aromatic amines is 1. The number of hydrogen-bond acceptors (Lipinski definition) is 4. The second-order valence-electron chi connectivity index (χ2n) is 8.13. The molecule has 31 heavy (non-hydrogen) atoms. The average Bonchev–Trinajstić information content (AvgIpc) is 3.21. The minimum absolute atomic E-state index is 0.190. The molecule has 1 amide bonds. The number of aromatic nitrogens is 3. The summed E-state index contributed by atoms with van der Waals surface area (Å²) in [7, 11) is 0. The monoisotopic (exact) mass is 411 g/mol. The Bertz CT molecular complexity index is 1200. The molecular formula is C25H25N5O. The minimum atomic E-state index is -0.407. The Hall–Kier alpha value is -3.51. The van der Waals surface area contributed by atoms with E-state index < -0.39 is 5.91 Å². The number of amides is 1. The van der Waals surface area contributed by atoms with Crippen LogP contribution in [-0.4, -0.2) is 25.8 Å². The number of fused-ring (bicyclic) bond motifs is 2. The number of primary amides is 1. The summed E-state index contributed by atoms with van der Waals surface area (Å²) in [6.45, 7) is 1.34. The van der Waals surface area contributed by atoms with Gasteiger partial charge in [-0.1, -0.05) is 30.3 Å². The number of aryl methyl sites for hydroxylation is 1. The van der Waals surface area contributed by atoms with E-state index in [0.717, 1.165) is 47.4 Å². The Morgan fingerprint density at radius 1 is 1.10 bits per heavy atom. The number of H-pyrrole nitrogens is 1. The molecule has 3 N–H and O–H groups in total. The number of pyridine rings is 1. The number of para-hydroxylation sites is 2. The fraction of sp³-hybridized carbons (Fsp3) is 0.240. The minimum Gasteiger partial charge on any atom is -0.366 e. The third-order valence-corrected chi connectivity index (χ3v) is 5.99. The van der Waals surface area contributed by atoms with E-state index in [1.54, 1.807) is 6.07 Å². The highest BCUT2D eigenvalue weighted by molar-refractivity contribution is 5.92. The molecule has 1 unspecified atom stereocenters. The lowest BCUT2D eigenvalue weighted by Crippen LogP contribution is -2.32. The lowest BCUT2D eigenvalue weighted by molar-refractivity contribution is 0.1000. The van der Waals surface area contributed by atoms with E-state index in [0.29, 0.717) is 18.7 Å². The Kier molecular flexibility index (Phi) is 5.22. The normalized spacial score (nSPS) is 15.8. The van der Waals surface area contributed by atoms with E-state index in [-0.39, 0.29) is 6.04 Å². The smallest absolute Gasteiger partial charge is 0.248 e. The number of hydrogen-bond donors (Lipinski definition) is 2. The van der Waals surface area contributed by atoms with Crippen molar-refractivity contribution in [2.45, 2.75) is 38.4 Å². The van der Waals surface area contributed by atoms with Crippen molar-refractivity contribution < 1.29 is 4.79 Å². The second-order valence-corrected chi connectivity index (χ2v) is 8.13. The van der Waals surface area contributed by atoms with Gasteiger partial charge in [0, 0.05) is 18.3 Å². The van der Waals surface area contributed by atoms with Gasteiger partial charge in [0.1, 0.15) is 5.82 Å². The largest absolute Gasteiger partial charge is 0.366 e. The molecule has 4 aromatic rings. The standard InChI is InChI=1S/C25H25N5O/c26-25(31)19-8-3-6-17(14-19)15-30(16-23-28-20-10-1-2-11-21(20)29-23)22-12-4-7-18-9-5-13-27-24(18)22/h1-3,5-6,8-11,13-14,22H,4,7,12,15-16H2,(H2,26,31)(H,28,29). The van der Waals surface area contributed by atoms with Crippen molar-refractivity contribution in [3.8, 4) is 0 Å². The first-order chi connectivity index (χ1) is 15.2. The maximum Gasteiger partial charge on any atom is 0.248 e. The van der Waals surface area contributed by atoms with Gasteiger partial charge < -0.3 is 10.7 Å². The van der Waals surface area contributed by atoms with Crippen LogP contribution in [0.2, 0.25) is 0 Å². The summed E-state index contributed by atoms with van der Waals surface area (Å²) in [4.78, 5) is 27.1. The molecule has 0 spiro atoms. The fourth-order valence-corrected chi connectivity index (χ4v) is 4.55. The van der Waals surface area contributed by atoms with Crippen molar-refractivity contribution >= 4 is 16.9 Å². The van der Waals surface area contributed by atoms with Gasteiger partial charge in [-0.25, -0.2) is 4.98 Å². The summed E-state index contributed by atoms with van der Waals surface area (Å²) in [5, 5.41) is 0. The number of carbonyl (C=O) groups is 1. The molecule has 2 aromatic heterocycles. The van der Waals surface area contributed by atoms with Gasteiger partial charge in [0.2, 0.25) is 5.91 Å². The molecule has 0 radical (unpaired) electrons. The molecule has 0 aliphatic heterocycles. The van der Waals surface area contributed by atoms with E-state index >= 15 is 0 Å². The second kappa shape index (κ2) is 8.32. The summed E-state index contributed by atoms with van der Waals surface area (Å²) >= 11 is 0. The first kappa shape index (κ1) is 19.5. The van der Waals surface area contributed by atoms with Gasteiger partial charge in [-0.05, 0) is 60.7 Å². The molecule has 1 atom stereocenters. The predicted octanol–water partition coefficient (Wildman–Crippen LogP) is 4.14. The molecule has 156 valence electrons. The van der Waals surface area contributed by atoms with Crippen molar-refractivity contribution in [1.82, 2.24) is 19.9 Å². The van der Waals surface area contributed by atoms with Gasteiger partial charge in [0.15, 0.2) is 0 Å². The number of imidazole rings is 1. The highest BCUT2D eigenvalue weighted by atomic mass is 16.1. The molecule has 2 heterocycles. The van der Waals surface area contributed by atoms with Gasteiger partial charge >= 0.3 is 0 Å². The van der Waals surface area contributed by atoms with Crippen LogP contribution in [0.4, 0.5) is 0 Å². The van der Waals surface area contributed by atoms with Crippen LogP contribution in [0.5, 0.6) is 0 Å². The van der Waals surface area contributed by atoms with E-state index in [1.807, 2.05) is 54.7 Å². The number of rotatable bonds is 6. The van der Waals surface area contributed by atoms with Crippen LogP contribution in [0.25, 0.3) is 11.0 Å². The maximum atomic E-state index is 11.7. The maximum absolute atomic E-state index is 11.7. The molecule has 0 saturated carbocycles. The SMILES string of the molecule is NC(=O)c1cccc(CN(Cc2nc3ccccc3[nH]2)C2CCCc3cccnc32)c1. The molecule has 0 saturated heterocycles. The average molecular weight is 412 g/mol. The van der Waals surface area contributed by atoms with Crippen LogP contribution in [0.15, 0.2) is 66.9 Å². The molecule has 6 heteroatoms. The van der Waals surface area contributed by atoms with Gasteiger partial charge in [-0.3, -0.25) is 14.7 Å². The lowest BCUT2D eigenvalue weighted by Gasteiger charge is -2.34. The van der Waals surface area contributed by atoms with Gasteiger partial charge in [-0.2, -0.15) is 0 Å². The van der Waals surface area contributed by atoms with Crippen LogP contribution >= 0.6 is 0 Å². The summed E-state index contributed by atoms with van der Waals surface area (Å²) in [5.74, 6) is 0.519. The highest BCUT2D eigenvalue weighted by Crippen LogP contribution is 2.34. The number of benzene rings is 2. The van der Waals surface area contributed by atoms with Crippen LogP contribution < -0.4 is 5.73 Å². The third kappa shape index (κ3) is 4.07. The zero-order valence-corrected chi connectivity index (χ0v) is 17.3. The molecule has 6 nitrogen and oxygen atoms in total. The van der Waals surface area contributed by atoms with Crippen molar-refractivity contribution in [2.75, 3.05) is 0 Å². The quantitative estimate of drug-likeness (QED) is 0.499. The summed E-state index contributed by atoms with van der Waals surface area (Å²) in [6.07, 6.45) is 5.11. The predicted molar refractivity (Wildman–Crippen MR) is 120 cm³/mol. The Morgan fingerprint density at radius 3 is 2.87 bits per heavy atom. The fourth-order valence-electron chi connectivity index (χ4n) is 4.55. The zero-order valence-electron chi connectivity index (χ0n) is 17.3. The van der Waals surface area contributed by atoms with Crippen LogP contribution in [0, 0.1) is 0 Å². The number of nitrogens with one attached hydrogen (secondary N) is 1. The molecule has 0 bridgehead atoms. The number of carbonyl (C=O) groups excluding carboxylic acids is 1. The van der Waals surface area contributed by atoms with Crippen LogP contribution in [-0.2, 0) is 19.5 Å². The van der Waals surface area contributed by atoms with Crippen LogP contribution in [0.1, 0.15) is 51.9 Å². The first-order valence-corrected chi connectivity index (χ1v) is 10.7. The highest BCUT2D eigenvalue weighted by Gasteiger charge is 2.28. The number of nitrogens with zero attached hydrogens (tertiary/aromatic N) is 3. The molecule has 1 aliphatic rings. The molecule has 1 aliphatic carbocycles. The van der Waals surface area contributed by atoms with E-state index in [1.165, 1.54) is 5.56 Å². The number of nitrogens with two attached hydrogens (primary N) is 1. The van der Waals surface area contributed by atoms with Crippen molar-refractivity contribution in [3.63, 3.8) is 0 Å². The molecule has 0 fully saturated rings. The van der Waals surface area contributed by atoms with Crippen molar-refractivity contribution in [1.29, 1.82) is 0 Å². The van der Waals surface area contributed by atoms with Crippen LogP contribution in [0.3, 0.4) is 0 Å². The Labute approximate surface area is 181 Å². The van der Waals surface area contributed by atoms with E-state index in [2.05, 4.69) is 16.0 Å². The van der Waals surface area contributed by atoms with E-state index in [4.69, 9.17) is 15.7 Å². The molecular weight excluding hydrogens is 386 g/mol. The third-order valence-electron chi connectivity index (χ3n) is 5.99. The summed E-state index contributed by atoms with van der Waals surface area (Å²) < 4.78 is 0. The zero-order chi connectivity index (χ0) is 21.2. The summed E-state index contributed by atoms with van der Waals surface area (Å²) in [5.41, 5.74) is 11.6. The molecule has 5 rings (SSSR count). The van der Waals surface area contributed by atoms with Crippen molar-refractivity contribution in [3.05, 3.63) is 95.1 Å². The Morgan fingerprint density at radius 2 is 2.00 bits per heavy atom. The van der Waals surface area contributed by atoms with Gasteiger partial charge in [0.25, 0.3) is 0 Å². The topological polar surface area (TPSA) is 87.9 Å². The first-order valence-electron chi connectivity index (χ1n) is 10.7. The van der Waals surface area contributed by atoms with Gasteiger partial charge in [-0.15, -0.1) is 0 Å². The van der Waals surface area contributed by atoms with Crippen molar-refractivity contribution in [2.24, 2.45) is 5.73 Å². The molecule has 2 aromatic carbocycles. The van der Waals surface area contributed by atoms with Gasteiger partial charge in [0.05, 0.1) is 29.3 Å².